The first kappa shape index (κ1) is 16.1. The molecule has 0 heterocycles. The maximum atomic E-state index is 12.5. The summed E-state index contributed by atoms with van der Waals surface area (Å²) in [6.07, 6.45) is 8.89. The van der Waals surface area contributed by atoms with Gasteiger partial charge in [-0.15, -0.1) is 0 Å². The molecule has 0 nitrogen and oxygen atoms in total. The molecule has 0 aromatic carbocycles. The van der Waals surface area contributed by atoms with Crippen molar-refractivity contribution in [3.8, 4) is 0 Å². The Bertz CT molecular complexity index is 281. The maximum absolute atomic E-state index is 12.5. The van der Waals surface area contributed by atoms with E-state index in [9.17, 15) is 8.78 Å². The third kappa shape index (κ3) is 8.84. The van der Waals surface area contributed by atoms with Crippen LogP contribution in [-0.4, -0.2) is 0 Å². The van der Waals surface area contributed by atoms with E-state index in [2.05, 4.69) is 13.5 Å². The number of rotatable bonds is 2. The molecule has 17 heavy (non-hydrogen) atoms. The highest BCUT2D eigenvalue weighted by Gasteiger charge is 2.05. The van der Waals surface area contributed by atoms with Crippen LogP contribution in [0.2, 0.25) is 0 Å². The van der Waals surface area contributed by atoms with E-state index < -0.39 is 5.83 Å². The molecule has 0 radical (unpaired) electrons. The van der Waals surface area contributed by atoms with E-state index in [4.69, 9.17) is 0 Å². The van der Waals surface area contributed by atoms with Crippen molar-refractivity contribution in [3.63, 3.8) is 0 Å². The standard InChI is InChI=1S/C8H10F2.C7H14/c1-6(2)8(10)4-7(3)5-9;1-7-5-3-2-4-6-7/h4-5H,1H2,2-3H3;7H,2-6H2,1H3/b7-5-,8-4+;. The summed E-state index contributed by atoms with van der Waals surface area (Å²) in [6.45, 7) is 8.71. The zero-order chi connectivity index (χ0) is 13.3. The Balaban J connectivity index is 0.000000318. The highest BCUT2D eigenvalue weighted by atomic mass is 19.1. The molecule has 0 N–H and O–H groups in total. The summed E-state index contributed by atoms with van der Waals surface area (Å²) >= 11 is 0. The van der Waals surface area contributed by atoms with Gasteiger partial charge in [-0.1, -0.05) is 45.6 Å². The zero-order valence-corrected chi connectivity index (χ0v) is 11.2. The third-order valence-corrected chi connectivity index (χ3v) is 2.83. The minimum Gasteiger partial charge on any atom is -0.215 e. The first-order valence-corrected chi connectivity index (χ1v) is 6.27. The molecule has 98 valence electrons. The van der Waals surface area contributed by atoms with Crippen molar-refractivity contribution in [1.29, 1.82) is 0 Å². The van der Waals surface area contributed by atoms with Gasteiger partial charge in [-0.2, -0.15) is 0 Å². The van der Waals surface area contributed by atoms with Crippen molar-refractivity contribution >= 4 is 0 Å². The van der Waals surface area contributed by atoms with Gasteiger partial charge in [0.25, 0.3) is 0 Å². The van der Waals surface area contributed by atoms with Crippen LogP contribution in [0.25, 0.3) is 0 Å². The summed E-state index contributed by atoms with van der Waals surface area (Å²) in [5, 5.41) is 0. The van der Waals surface area contributed by atoms with E-state index in [-0.39, 0.29) is 5.57 Å². The Kier molecular flexibility index (Phi) is 8.65. The summed E-state index contributed by atoms with van der Waals surface area (Å²) in [5.74, 6) is 0.556. The Hall–Kier alpha value is -0.920. The molecular formula is C15H24F2. The van der Waals surface area contributed by atoms with Gasteiger partial charge in [0.15, 0.2) is 0 Å². The van der Waals surface area contributed by atoms with E-state index in [1.807, 2.05) is 0 Å². The normalized spacial score (nSPS) is 18.4. The molecule has 0 aromatic rings. The topological polar surface area (TPSA) is 0 Å². The average molecular weight is 242 g/mol. The summed E-state index contributed by atoms with van der Waals surface area (Å²) in [6, 6.07) is 0. The van der Waals surface area contributed by atoms with Crippen LogP contribution in [0, 0.1) is 5.92 Å². The Morgan fingerprint density at radius 2 is 1.71 bits per heavy atom. The lowest BCUT2D eigenvalue weighted by atomic mass is 9.91. The highest BCUT2D eigenvalue weighted by molar-refractivity contribution is 5.27. The molecule has 1 aliphatic rings. The zero-order valence-electron chi connectivity index (χ0n) is 11.2. The van der Waals surface area contributed by atoms with Gasteiger partial charge in [0.1, 0.15) is 5.83 Å². The van der Waals surface area contributed by atoms with Crippen molar-refractivity contribution in [2.75, 3.05) is 0 Å². The smallest absolute Gasteiger partial charge is 0.125 e. The lowest BCUT2D eigenvalue weighted by molar-refractivity contribution is 0.385. The fourth-order valence-electron chi connectivity index (χ4n) is 1.66. The molecule has 1 saturated carbocycles. The van der Waals surface area contributed by atoms with Crippen molar-refractivity contribution in [3.05, 3.63) is 36.0 Å². The molecule has 0 atom stereocenters. The first-order chi connectivity index (χ1) is 7.97. The molecule has 1 fully saturated rings. The van der Waals surface area contributed by atoms with E-state index in [1.165, 1.54) is 46.0 Å². The molecule has 0 bridgehead atoms. The van der Waals surface area contributed by atoms with Gasteiger partial charge >= 0.3 is 0 Å². The van der Waals surface area contributed by atoms with Crippen molar-refractivity contribution in [2.45, 2.75) is 52.9 Å². The molecule has 0 spiro atoms. The van der Waals surface area contributed by atoms with E-state index in [0.29, 0.717) is 11.9 Å². The second-order valence-electron chi connectivity index (χ2n) is 4.87. The predicted molar refractivity (Wildman–Crippen MR) is 71.1 cm³/mol. The van der Waals surface area contributed by atoms with Crippen LogP contribution in [0.4, 0.5) is 8.78 Å². The SMILES string of the molecule is C=C(C)/C(F)=C\C(C)=C/F.CC1CCCCC1. The van der Waals surface area contributed by atoms with Gasteiger partial charge in [-0.05, 0) is 37.0 Å². The van der Waals surface area contributed by atoms with Crippen LogP contribution in [0.1, 0.15) is 52.9 Å². The summed E-state index contributed by atoms with van der Waals surface area (Å²) in [5.41, 5.74) is 0.557. The molecule has 1 rings (SSSR count). The Morgan fingerprint density at radius 1 is 1.18 bits per heavy atom. The summed E-state index contributed by atoms with van der Waals surface area (Å²) < 4.78 is 24.1. The summed E-state index contributed by atoms with van der Waals surface area (Å²) in [4.78, 5) is 0. The lowest BCUT2D eigenvalue weighted by Gasteiger charge is -2.15. The summed E-state index contributed by atoms with van der Waals surface area (Å²) in [7, 11) is 0. The minimum atomic E-state index is -0.480. The van der Waals surface area contributed by atoms with Gasteiger partial charge in [-0.3, -0.25) is 0 Å². The fourth-order valence-corrected chi connectivity index (χ4v) is 1.66. The second-order valence-corrected chi connectivity index (χ2v) is 4.87. The van der Waals surface area contributed by atoms with Crippen LogP contribution in [0.15, 0.2) is 36.0 Å². The van der Waals surface area contributed by atoms with Crippen LogP contribution >= 0.6 is 0 Å². The minimum absolute atomic E-state index is 0.250. The molecule has 0 unspecified atom stereocenters. The van der Waals surface area contributed by atoms with Gasteiger partial charge in [-0.25, -0.2) is 8.78 Å². The van der Waals surface area contributed by atoms with Crippen LogP contribution in [0.3, 0.4) is 0 Å². The number of allylic oxidation sites excluding steroid dienone is 4. The number of hydrogen-bond donors (Lipinski definition) is 0. The lowest BCUT2D eigenvalue weighted by Crippen LogP contribution is -1.99. The van der Waals surface area contributed by atoms with Gasteiger partial charge in [0.05, 0.1) is 6.33 Å². The van der Waals surface area contributed by atoms with Crippen molar-refractivity contribution in [2.24, 2.45) is 5.92 Å². The molecule has 1 aliphatic carbocycles. The van der Waals surface area contributed by atoms with E-state index >= 15 is 0 Å². The molecular weight excluding hydrogens is 218 g/mol. The first-order valence-electron chi connectivity index (χ1n) is 6.27. The van der Waals surface area contributed by atoms with Crippen molar-refractivity contribution < 1.29 is 8.78 Å². The van der Waals surface area contributed by atoms with Gasteiger partial charge < -0.3 is 0 Å². The third-order valence-electron chi connectivity index (χ3n) is 2.83. The van der Waals surface area contributed by atoms with Crippen LogP contribution < -0.4 is 0 Å². The second kappa shape index (κ2) is 9.15. The van der Waals surface area contributed by atoms with E-state index in [0.717, 1.165) is 12.0 Å². The largest absolute Gasteiger partial charge is 0.215 e. The monoisotopic (exact) mass is 242 g/mol. The molecule has 0 aromatic heterocycles. The molecule has 0 saturated heterocycles. The Labute approximate surface area is 104 Å². The fraction of sp³-hybridized carbons (Fsp3) is 0.600. The average Bonchev–Trinajstić information content (AvgIpc) is 2.30. The number of halogens is 2. The van der Waals surface area contributed by atoms with Gasteiger partial charge in [0.2, 0.25) is 0 Å². The van der Waals surface area contributed by atoms with Crippen LogP contribution in [-0.2, 0) is 0 Å². The maximum Gasteiger partial charge on any atom is 0.125 e. The highest BCUT2D eigenvalue weighted by Crippen LogP contribution is 2.22. The molecule has 2 heteroatoms. The van der Waals surface area contributed by atoms with E-state index in [1.54, 1.807) is 0 Å². The van der Waals surface area contributed by atoms with Crippen molar-refractivity contribution in [1.82, 2.24) is 0 Å². The van der Waals surface area contributed by atoms with Gasteiger partial charge in [0, 0.05) is 0 Å². The number of hydrogen-bond acceptors (Lipinski definition) is 0. The van der Waals surface area contributed by atoms with Crippen LogP contribution in [0.5, 0.6) is 0 Å². The quantitative estimate of drug-likeness (QED) is 0.531. The molecule has 0 amide bonds. The Morgan fingerprint density at radius 3 is 2.00 bits per heavy atom. The predicted octanol–water partition coefficient (Wildman–Crippen LogP) is 5.88. The molecule has 0 aliphatic heterocycles.